The van der Waals surface area contributed by atoms with Crippen molar-refractivity contribution in [2.75, 3.05) is 18.4 Å². The Kier molecular flexibility index (Phi) is 5.10. The topological polar surface area (TPSA) is 78.1 Å². The van der Waals surface area contributed by atoms with Gasteiger partial charge in [-0.05, 0) is 42.7 Å². The van der Waals surface area contributed by atoms with Crippen LogP contribution in [0.1, 0.15) is 37.1 Å². The van der Waals surface area contributed by atoms with Gasteiger partial charge < -0.3 is 15.2 Å². The molecule has 1 fully saturated rings. The molecule has 0 saturated carbocycles. The van der Waals surface area contributed by atoms with Crippen LogP contribution in [0.3, 0.4) is 0 Å². The zero-order valence-corrected chi connectivity index (χ0v) is 15.9. The highest BCUT2D eigenvalue weighted by Crippen LogP contribution is 2.28. The van der Waals surface area contributed by atoms with Crippen LogP contribution in [0.25, 0.3) is 11.0 Å². The zero-order valence-electron chi connectivity index (χ0n) is 15.9. The number of imidazole rings is 1. The van der Waals surface area contributed by atoms with Crippen LogP contribution in [0.2, 0.25) is 0 Å². The van der Waals surface area contributed by atoms with E-state index in [-0.39, 0.29) is 11.8 Å². The summed E-state index contributed by atoms with van der Waals surface area (Å²) < 4.78 is 0. The van der Waals surface area contributed by atoms with Crippen LogP contribution < -0.4 is 5.32 Å². The number of H-pyrrole nitrogens is 1. The predicted molar refractivity (Wildman–Crippen MR) is 109 cm³/mol. The Morgan fingerprint density at radius 3 is 2.50 bits per heavy atom. The number of hydrogen-bond donors (Lipinski definition) is 2. The summed E-state index contributed by atoms with van der Waals surface area (Å²) >= 11 is 0. The van der Waals surface area contributed by atoms with Gasteiger partial charge in [0.15, 0.2) is 0 Å². The number of benzene rings is 2. The lowest BCUT2D eigenvalue weighted by Gasteiger charge is -2.31. The molecule has 2 heterocycles. The van der Waals surface area contributed by atoms with E-state index >= 15 is 0 Å². The van der Waals surface area contributed by atoms with Gasteiger partial charge >= 0.3 is 0 Å². The van der Waals surface area contributed by atoms with Gasteiger partial charge in [0, 0.05) is 31.6 Å². The zero-order chi connectivity index (χ0) is 19.5. The predicted octanol–water partition coefficient (Wildman–Crippen LogP) is 3.47. The molecule has 0 radical (unpaired) electrons. The van der Waals surface area contributed by atoms with E-state index in [0.29, 0.717) is 12.3 Å². The Morgan fingerprint density at radius 2 is 1.82 bits per heavy atom. The van der Waals surface area contributed by atoms with Crippen LogP contribution in [-0.2, 0) is 16.0 Å². The first kappa shape index (κ1) is 18.2. The van der Waals surface area contributed by atoms with Gasteiger partial charge in [0.1, 0.15) is 5.82 Å². The molecule has 144 valence electrons. The molecule has 2 amide bonds. The number of anilines is 1. The minimum atomic E-state index is -0.101. The van der Waals surface area contributed by atoms with Gasteiger partial charge in [-0.2, -0.15) is 0 Å². The van der Waals surface area contributed by atoms with Crippen LogP contribution >= 0.6 is 0 Å². The summed E-state index contributed by atoms with van der Waals surface area (Å²) in [6.45, 7) is 2.99. The molecule has 0 spiro atoms. The van der Waals surface area contributed by atoms with Crippen molar-refractivity contribution in [3.05, 3.63) is 59.9 Å². The van der Waals surface area contributed by atoms with Gasteiger partial charge in [0.25, 0.3) is 0 Å². The molecule has 6 nitrogen and oxygen atoms in total. The fourth-order valence-corrected chi connectivity index (χ4v) is 3.76. The first-order chi connectivity index (χ1) is 13.6. The molecular weight excluding hydrogens is 352 g/mol. The summed E-state index contributed by atoms with van der Waals surface area (Å²) in [7, 11) is 0. The third-order valence-corrected chi connectivity index (χ3v) is 5.27. The molecule has 3 aromatic rings. The molecule has 4 rings (SSSR count). The maximum Gasteiger partial charge on any atom is 0.226 e. The highest BCUT2D eigenvalue weighted by molar-refractivity contribution is 5.88. The number of amides is 2. The monoisotopic (exact) mass is 376 g/mol. The lowest BCUT2D eigenvalue weighted by atomic mass is 9.95. The van der Waals surface area contributed by atoms with E-state index in [1.807, 2.05) is 53.4 Å². The maximum absolute atomic E-state index is 12.6. The van der Waals surface area contributed by atoms with Crippen LogP contribution in [0, 0.1) is 0 Å². The molecular formula is C22H24N4O2. The number of para-hydroxylation sites is 2. The second-order valence-corrected chi connectivity index (χ2v) is 7.35. The lowest BCUT2D eigenvalue weighted by molar-refractivity contribution is -0.131. The van der Waals surface area contributed by atoms with E-state index in [4.69, 9.17) is 4.98 Å². The summed E-state index contributed by atoms with van der Waals surface area (Å²) in [5.41, 5.74) is 3.77. The normalized spacial score (nSPS) is 15.0. The molecule has 1 aliphatic rings. The number of piperidine rings is 1. The largest absolute Gasteiger partial charge is 0.342 e. The van der Waals surface area contributed by atoms with Gasteiger partial charge in [0.05, 0.1) is 17.5 Å². The summed E-state index contributed by atoms with van der Waals surface area (Å²) in [5, 5.41) is 2.74. The van der Waals surface area contributed by atoms with Crippen molar-refractivity contribution in [3.63, 3.8) is 0 Å². The quantitative estimate of drug-likeness (QED) is 0.732. The fourth-order valence-electron chi connectivity index (χ4n) is 3.76. The van der Waals surface area contributed by atoms with Gasteiger partial charge in [0.2, 0.25) is 11.8 Å². The van der Waals surface area contributed by atoms with Crippen LogP contribution in [-0.4, -0.2) is 39.8 Å². The second-order valence-electron chi connectivity index (χ2n) is 7.35. The van der Waals surface area contributed by atoms with E-state index in [1.54, 1.807) is 0 Å². The molecule has 2 N–H and O–H groups in total. The van der Waals surface area contributed by atoms with E-state index in [1.165, 1.54) is 6.92 Å². The van der Waals surface area contributed by atoms with Crippen LogP contribution in [0.4, 0.5) is 5.69 Å². The Labute approximate surface area is 164 Å². The minimum Gasteiger partial charge on any atom is -0.342 e. The molecule has 0 unspecified atom stereocenters. The Bertz CT molecular complexity index is 952. The average Bonchev–Trinajstić information content (AvgIpc) is 3.13. The van der Waals surface area contributed by atoms with E-state index in [0.717, 1.165) is 54.0 Å². The van der Waals surface area contributed by atoms with Crippen molar-refractivity contribution in [1.29, 1.82) is 0 Å². The number of carbonyl (C=O) groups is 2. The molecule has 0 atom stereocenters. The highest BCUT2D eigenvalue weighted by Gasteiger charge is 2.25. The van der Waals surface area contributed by atoms with Gasteiger partial charge in [-0.25, -0.2) is 4.98 Å². The lowest BCUT2D eigenvalue weighted by Crippen LogP contribution is -2.39. The number of aromatic nitrogens is 2. The van der Waals surface area contributed by atoms with Gasteiger partial charge in [-0.3, -0.25) is 9.59 Å². The molecule has 1 saturated heterocycles. The molecule has 28 heavy (non-hydrogen) atoms. The third kappa shape index (κ3) is 4.06. The Hall–Kier alpha value is -3.15. The van der Waals surface area contributed by atoms with Gasteiger partial charge in [-0.15, -0.1) is 0 Å². The summed E-state index contributed by atoms with van der Waals surface area (Å²) in [6, 6.07) is 15.5. The molecule has 1 aliphatic heterocycles. The number of aromatic amines is 1. The van der Waals surface area contributed by atoms with Crippen molar-refractivity contribution in [2.24, 2.45) is 0 Å². The first-order valence-corrected chi connectivity index (χ1v) is 9.67. The number of fused-ring (bicyclic) bond motifs is 1. The number of rotatable bonds is 4. The van der Waals surface area contributed by atoms with Crippen molar-refractivity contribution in [3.8, 4) is 0 Å². The number of hydrogen-bond acceptors (Lipinski definition) is 3. The average molecular weight is 376 g/mol. The third-order valence-electron chi connectivity index (χ3n) is 5.27. The molecule has 2 aromatic carbocycles. The standard InChI is InChI=1S/C22H24N4O2/c1-15(27)23-18-8-6-16(7-9-18)14-21(28)26-12-10-17(11-13-26)22-24-19-4-2-3-5-20(19)25-22/h2-9,17H,10-14H2,1H3,(H,23,27)(H,24,25). The van der Waals surface area contributed by atoms with Crippen molar-refractivity contribution in [2.45, 2.75) is 32.1 Å². The van der Waals surface area contributed by atoms with Crippen molar-refractivity contribution >= 4 is 28.5 Å². The summed E-state index contributed by atoms with van der Waals surface area (Å²) in [5.74, 6) is 1.45. The second kappa shape index (κ2) is 7.84. The maximum atomic E-state index is 12.6. The number of nitrogens with one attached hydrogen (secondary N) is 2. The van der Waals surface area contributed by atoms with Crippen LogP contribution in [0.5, 0.6) is 0 Å². The number of likely N-dealkylation sites (tertiary alicyclic amines) is 1. The molecule has 6 heteroatoms. The first-order valence-electron chi connectivity index (χ1n) is 9.67. The Balaban J connectivity index is 1.33. The highest BCUT2D eigenvalue weighted by atomic mass is 16.2. The smallest absolute Gasteiger partial charge is 0.226 e. The number of nitrogens with zero attached hydrogens (tertiary/aromatic N) is 2. The van der Waals surface area contributed by atoms with E-state index < -0.39 is 0 Å². The SMILES string of the molecule is CC(=O)Nc1ccc(CC(=O)N2CCC(c3nc4ccccc4[nH]3)CC2)cc1. The van der Waals surface area contributed by atoms with Crippen molar-refractivity contribution < 1.29 is 9.59 Å². The van der Waals surface area contributed by atoms with Gasteiger partial charge in [-0.1, -0.05) is 24.3 Å². The van der Waals surface area contributed by atoms with Crippen LogP contribution in [0.15, 0.2) is 48.5 Å². The summed E-state index contributed by atoms with van der Waals surface area (Å²) in [6.07, 6.45) is 2.23. The van der Waals surface area contributed by atoms with E-state index in [9.17, 15) is 9.59 Å². The molecule has 0 aliphatic carbocycles. The van der Waals surface area contributed by atoms with Crippen molar-refractivity contribution in [1.82, 2.24) is 14.9 Å². The Morgan fingerprint density at radius 1 is 1.11 bits per heavy atom. The fraction of sp³-hybridized carbons (Fsp3) is 0.318. The molecule has 0 bridgehead atoms. The number of carbonyl (C=O) groups excluding carboxylic acids is 2. The molecule has 1 aromatic heterocycles. The summed E-state index contributed by atoms with van der Waals surface area (Å²) in [4.78, 5) is 33.8. The van der Waals surface area contributed by atoms with E-state index in [2.05, 4.69) is 10.3 Å². The minimum absolute atomic E-state index is 0.101.